The number of aryl methyl sites for hydroxylation is 1. The van der Waals surface area contributed by atoms with Gasteiger partial charge in [0.05, 0.1) is 11.6 Å². The van der Waals surface area contributed by atoms with Crippen molar-refractivity contribution in [3.63, 3.8) is 0 Å². The molecule has 0 saturated carbocycles. The Morgan fingerprint density at radius 1 is 1.24 bits per heavy atom. The minimum atomic E-state index is -3.82. The summed E-state index contributed by atoms with van der Waals surface area (Å²) in [6.07, 6.45) is 0. The van der Waals surface area contributed by atoms with E-state index in [-0.39, 0.29) is 16.5 Å². The summed E-state index contributed by atoms with van der Waals surface area (Å²) >= 11 is 9.30. The highest BCUT2D eigenvalue weighted by Crippen LogP contribution is 2.27. The van der Waals surface area contributed by atoms with Crippen molar-refractivity contribution in [2.45, 2.75) is 18.4 Å². The Balaban J connectivity index is 2.40. The molecule has 0 unspecified atom stereocenters. The van der Waals surface area contributed by atoms with Crippen LogP contribution in [0.15, 0.2) is 45.8 Å². The van der Waals surface area contributed by atoms with Crippen LogP contribution in [0.2, 0.25) is 5.02 Å². The number of anilines is 1. The van der Waals surface area contributed by atoms with Crippen molar-refractivity contribution in [3.05, 3.63) is 57.0 Å². The molecular weight excluding hydrogens is 378 g/mol. The zero-order valence-corrected chi connectivity index (χ0v) is 14.3. The van der Waals surface area contributed by atoms with Gasteiger partial charge in [-0.05, 0) is 42.3 Å². The topological polar surface area (TPSA) is 66.4 Å². The zero-order valence-electron chi connectivity index (χ0n) is 11.1. The molecule has 0 amide bonds. The number of benzene rings is 2. The van der Waals surface area contributed by atoms with E-state index in [0.717, 1.165) is 10.0 Å². The van der Waals surface area contributed by atoms with E-state index in [2.05, 4.69) is 20.7 Å². The number of aliphatic hydroxyl groups is 1. The van der Waals surface area contributed by atoms with Crippen LogP contribution in [-0.4, -0.2) is 13.5 Å². The summed E-state index contributed by atoms with van der Waals surface area (Å²) in [7, 11) is -3.82. The minimum absolute atomic E-state index is 0.0626. The molecule has 2 aromatic carbocycles. The molecule has 4 nitrogen and oxygen atoms in total. The number of halogens is 2. The average molecular weight is 391 g/mol. The van der Waals surface area contributed by atoms with Gasteiger partial charge in [-0.3, -0.25) is 4.72 Å². The molecule has 0 bridgehead atoms. The van der Waals surface area contributed by atoms with Gasteiger partial charge >= 0.3 is 0 Å². The predicted octanol–water partition coefficient (Wildman–Crippen LogP) is 3.70. The van der Waals surface area contributed by atoms with Crippen LogP contribution in [0.25, 0.3) is 0 Å². The third-order valence-electron chi connectivity index (χ3n) is 2.89. The lowest BCUT2D eigenvalue weighted by Crippen LogP contribution is -2.14. The van der Waals surface area contributed by atoms with E-state index in [1.54, 1.807) is 24.3 Å². The first-order valence-electron chi connectivity index (χ1n) is 6.02. The summed E-state index contributed by atoms with van der Waals surface area (Å²) in [5.41, 5.74) is 1.90. The SMILES string of the molecule is Cc1ccc(NS(=O)(=O)c2cc(CO)ccc2Cl)cc1Br. The van der Waals surface area contributed by atoms with Crippen molar-refractivity contribution in [3.8, 4) is 0 Å². The van der Waals surface area contributed by atoms with Crippen LogP contribution >= 0.6 is 27.5 Å². The second-order valence-corrected chi connectivity index (χ2v) is 7.40. The van der Waals surface area contributed by atoms with Crippen molar-refractivity contribution >= 4 is 43.2 Å². The van der Waals surface area contributed by atoms with Crippen molar-refractivity contribution in [1.29, 1.82) is 0 Å². The largest absolute Gasteiger partial charge is 0.392 e. The van der Waals surface area contributed by atoms with Gasteiger partial charge in [-0.15, -0.1) is 0 Å². The van der Waals surface area contributed by atoms with Crippen molar-refractivity contribution < 1.29 is 13.5 Å². The molecule has 0 heterocycles. The van der Waals surface area contributed by atoms with Gasteiger partial charge < -0.3 is 5.11 Å². The quantitative estimate of drug-likeness (QED) is 0.836. The van der Waals surface area contributed by atoms with E-state index < -0.39 is 10.0 Å². The van der Waals surface area contributed by atoms with Gasteiger partial charge in [-0.1, -0.05) is 39.7 Å². The fourth-order valence-corrected chi connectivity index (χ4v) is 3.70. The smallest absolute Gasteiger partial charge is 0.263 e. The van der Waals surface area contributed by atoms with Crippen molar-refractivity contribution in [2.75, 3.05) is 4.72 Å². The second-order valence-electron chi connectivity index (χ2n) is 4.49. The van der Waals surface area contributed by atoms with E-state index in [4.69, 9.17) is 16.7 Å². The normalized spacial score (nSPS) is 11.4. The lowest BCUT2D eigenvalue weighted by Gasteiger charge is -2.11. The molecule has 0 aliphatic carbocycles. The maximum atomic E-state index is 12.4. The summed E-state index contributed by atoms with van der Waals surface area (Å²) in [5.74, 6) is 0. The van der Waals surface area contributed by atoms with Gasteiger partial charge in [0, 0.05) is 10.2 Å². The molecule has 112 valence electrons. The van der Waals surface area contributed by atoms with Gasteiger partial charge in [0.25, 0.3) is 10.0 Å². The molecule has 0 aliphatic heterocycles. The molecular formula is C14H13BrClNO3S. The molecule has 0 fully saturated rings. The summed E-state index contributed by atoms with van der Waals surface area (Å²) < 4.78 is 28.1. The third-order valence-corrected chi connectivity index (χ3v) is 5.61. The number of sulfonamides is 1. The van der Waals surface area contributed by atoms with E-state index in [1.165, 1.54) is 12.1 Å². The van der Waals surface area contributed by atoms with Crippen molar-refractivity contribution in [2.24, 2.45) is 0 Å². The fraction of sp³-hybridized carbons (Fsp3) is 0.143. The Kier molecular flexibility index (Phi) is 4.93. The summed E-state index contributed by atoms with van der Waals surface area (Å²) in [6.45, 7) is 1.65. The summed E-state index contributed by atoms with van der Waals surface area (Å²) in [5, 5.41) is 9.21. The van der Waals surface area contributed by atoms with Crippen LogP contribution in [0.4, 0.5) is 5.69 Å². The predicted molar refractivity (Wildman–Crippen MR) is 87.1 cm³/mol. The third kappa shape index (κ3) is 3.77. The second kappa shape index (κ2) is 6.36. The molecule has 0 aromatic heterocycles. The molecule has 7 heteroatoms. The lowest BCUT2D eigenvalue weighted by molar-refractivity contribution is 0.281. The number of hydrogen-bond acceptors (Lipinski definition) is 3. The van der Waals surface area contributed by atoms with E-state index in [1.807, 2.05) is 6.92 Å². The van der Waals surface area contributed by atoms with Gasteiger partial charge in [0.2, 0.25) is 0 Å². The summed E-state index contributed by atoms with van der Waals surface area (Å²) in [6, 6.07) is 9.52. The van der Waals surface area contributed by atoms with E-state index in [9.17, 15) is 8.42 Å². The van der Waals surface area contributed by atoms with Crippen LogP contribution in [0.5, 0.6) is 0 Å². The van der Waals surface area contributed by atoms with Gasteiger partial charge in [-0.25, -0.2) is 8.42 Å². The van der Waals surface area contributed by atoms with Gasteiger partial charge in [0.1, 0.15) is 4.90 Å². The number of hydrogen-bond donors (Lipinski definition) is 2. The first kappa shape index (κ1) is 16.3. The zero-order chi connectivity index (χ0) is 15.6. The first-order chi connectivity index (χ1) is 9.83. The summed E-state index contributed by atoms with van der Waals surface area (Å²) in [4.78, 5) is -0.0626. The Labute approximate surface area is 136 Å². The van der Waals surface area contributed by atoms with Crippen molar-refractivity contribution in [1.82, 2.24) is 0 Å². The van der Waals surface area contributed by atoms with E-state index >= 15 is 0 Å². The van der Waals surface area contributed by atoms with E-state index in [0.29, 0.717) is 11.3 Å². The van der Waals surface area contributed by atoms with Crippen LogP contribution < -0.4 is 4.72 Å². The van der Waals surface area contributed by atoms with Crippen LogP contribution in [-0.2, 0) is 16.6 Å². The fourth-order valence-electron chi connectivity index (χ4n) is 1.72. The Morgan fingerprint density at radius 3 is 2.57 bits per heavy atom. The van der Waals surface area contributed by atoms with Crippen LogP contribution in [0.1, 0.15) is 11.1 Å². The number of rotatable bonds is 4. The molecule has 0 saturated heterocycles. The molecule has 0 atom stereocenters. The molecule has 2 N–H and O–H groups in total. The molecule has 0 aliphatic rings. The minimum Gasteiger partial charge on any atom is -0.392 e. The molecule has 2 rings (SSSR count). The highest BCUT2D eigenvalue weighted by Gasteiger charge is 2.19. The molecule has 2 aromatic rings. The maximum Gasteiger partial charge on any atom is 0.263 e. The Bertz CT molecular complexity index is 778. The highest BCUT2D eigenvalue weighted by molar-refractivity contribution is 9.10. The maximum absolute atomic E-state index is 12.4. The van der Waals surface area contributed by atoms with Gasteiger partial charge in [-0.2, -0.15) is 0 Å². The standard InChI is InChI=1S/C14H13BrClNO3S/c1-9-2-4-11(7-12(9)15)17-21(19,20)14-6-10(8-18)3-5-13(14)16/h2-7,17-18H,8H2,1H3. The number of aliphatic hydroxyl groups excluding tert-OH is 1. The first-order valence-corrected chi connectivity index (χ1v) is 8.67. The van der Waals surface area contributed by atoms with Crippen LogP contribution in [0.3, 0.4) is 0 Å². The molecule has 21 heavy (non-hydrogen) atoms. The Morgan fingerprint density at radius 2 is 1.95 bits per heavy atom. The average Bonchev–Trinajstić information content (AvgIpc) is 2.43. The van der Waals surface area contributed by atoms with Crippen LogP contribution in [0, 0.1) is 6.92 Å². The van der Waals surface area contributed by atoms with Gasteiger partial charge in [0.15, 0.2) is 0 Å². The highest BCUT2D eigenvalue weighted by atomic mass is 79.9. The monoisotopic (exact) mass is 389 g/mol. The number of nitrogens with one attached hydrogen (secondary N) is 1. The Hall–Kier alpha value is -1.08. The molecule has 0 spiro atoms. The lowest BCUT2D eigenvalue weighted by atomic mass is 10.2. The molecule has 0 radical (unpaired) electrons.